The van der Waals surface area contributed by atoms with Gasteiger partial charge in [-0.25, -0.2) is 0 Å². The van der Waals surface area contributed by atoms with E-state index in [9.17, 15) is 4.79 Å². The number of rotatable bonds is 3. The van der Waals surface area contributed by atoms with E-state index in [0.29, 0.717) is 17.2 Å². The Morgan fingerprint density at radius 2 is 1.67 bits per heavy atom. The molecule has 4 saturated carbocycles. The highest BCUT2D eigenvalue weighted by molar-refractivity contribution is 5.79. The smallest absolute Gasteiger partial charge is 0.227 e. The van der Waals surface area contributed by atoms with E-state index in [1.54, 1.807) is 0 Å². The number of nitrogens with one attached hydrogen (secondary N) is 1. The highest BCUT2D eigenvalue weighted by Crippen LogP contribution is 2.60. The van der Waals surface area contributed by atoms with Crippen LogP contribution in [0.15, 0.2) is 0 Å². The van der Waals surface area contributed by atoms with E-state index >= 15 is 0 Å². The third-order valence-electron chi connectivity index (χ3n) is 6.95. The Kier molecular flexibility index (Phi) is 3.33. The van der Waals surface area contributed by atoms with Gasteiger partial charge in [0.1, 0.15) is 0 Å². The van der Waals surface area contributed by atoms with Crippen LogP contribution < -0.4 is 5.32 Å². The van der Waals surface area contributed by atoms with Crippen LogP contribution in [0, 0.1) is 35.0 Å². The second kappa shape index (κ2) is 4.97. The Labute approximate surface area is 128 Å². The molecule has 1 aliphatic heterocycles. The third kappa shape index (κ3) is 2.42. The molecule has 2 atom stereocenters. The molecule has 0 aromatic carbocycles. The topological polar surface area (TPSA) is 32.3 Å². The number of hydrogen-bond donors (Lipinski definition) is 1. The Bertz CT molecular complexity index is 398. The van der Waals surface area contributed by atoms with Crippen molar-refractivity contribution >= 4 is 5.91 Å². The summed E-state index contributed by atoms with van der Waals surface area (Å²) in [5, 5.41) is 3.37. The van der Waals surface area contributed by atoms with Crippen molar-refractivity contribution in [2.75, 3.05) is 26.7 Å². The molecular formula is C18H30N2O. The Morgan fingerprint density at radius 3 is 2.14 bits per heavy atom. The maximum absolute atomic E-state index is 12.8. The van der Waals surface area contributed by atoms with Crippen molar-refractivity contribution in [1.29, 1.82) is 0 Å². The first-order valence-electron chi connectivity index (χ1n) is 9.00. The van der Waals surface area contributed by atoms with Gasteiger partial charge in [-0.2, -0.15) is 0 Å². The van der Waals surface area contributed by atoms with Crippen molar-refractivity contribution in [2.24, 2.45) is 35.0 Å². The monoisotopic (exact) mass is 290 g/mol. The predicted octanol–water partition coefficient (Wildman–Crippen LogP) is 2.52. The average molecular weight is 290 g/mol. The average Bonchev–Trinajstić information content (AvgIpc) is 2.81. The molecule has 0 spiro atoms. The molecule has 0 unspecified atom stereocenters. The minimum atomic E-state index is 0.212. The molecule has 1 heterocycles. The molecule has 4 bridgehead atoms. The zero-order chi connectivity index (χ0) is 14.6. The molecule has 0 aromatic heterocycles. The highest BCUT2D eigenvalue weighted by Gasteiger charge is 2.51. The van der Waals surface area contributed by atoms with Gasteiger partial charge in [-0.1, -0.05) is 6.92 Å². The SMILES string of the molecule is C[C@@H]1CNC[C@H]1C(=O)N(C)CC12CC3CC(CC(C3)C1)C2. The summed E-state index contributed by atoms with van der Waals surface area (Å²) in [4.78, 5) is 14.9. The minimum absolute atomic E-state index is 0.212. The third-order valence-corrected chi connectivity index (χ3v) is 6.95. The largest absolute Gasteiger partial charge is 0.345 e. The van der Waals surface area contributed by atoms with E-state index in [-0.39, 0.29) is 5.92 Å². The van der Waals surface area contributed by atoms with Gasteiger partial charge in [0, 0.05) is 20.1 Å². The summed E-state index contributed by atoms with van der Waals surface area (Å²) < 4.78 is 0. The van der Waals surface area contributed by atoms with Gasteiger partial charge in [-0.15, -0.1) is 0 Å². The van der Waals surface area contributed by atoms with Crippen LogP contribution >= 0.6 is 0 Å². The van der Waals surface area contributed by atoms with Crippen molar-refractivity contribution in [3.05, 3.63) is 0 Å². The Balaban J connectivity index is 1.44. The van der Waals surface area contributed by atoms with Gasteiger partial charge in [0.25, 0.3) is 0 Å². The summed E-state index contributed by atoms with van der Waals surface area (Å²) >= 11 is 0. The predicted molar refractivity (Wildman–Crippen MR) is 83.8 cm³/mol. The molecule has 4 aliphatic carbocycles. The van der Waals surface area contributed by atoms with Crippen molar-refractivity contribution in [2.45, 2.75) is 45.4 Å². The number of carbonyl (C=O) groups is 1. The van der Waals surface area contributed by atoms with Crippen molar-refractivity contribution in [3.8, 4) is 0 Å². The molecule has 5 fully saturated rings. The molecule has 3 heteroatoms. The van der Waals surface area contributed by atoms with E-state index in [1.165, 1.54) is 38.5 Å². The van der Waals surface area contributed by atoms with Crippen molar-refractivity contribution in [1.82, 2.24) is 10.2 Å². The number of carbonyl (C=O) groups excluding carboxylic acids is 1. The van der Waals surface area contributed by atoms with Gasteiger partial charge in [0.2, 0.25) is 5.91 Å². The summed E-state index contributed by atoms with van der Waals surface area (Å²) in [6.45, 7) is 5.12. The lowest BCUT2D eigenvalue weighted by Gasteiger charge is -2.57. The summed E-state index contributed by atoms with van der Waals surface area (Å²) in [5.41, 5.74) is 0.481. The first-order valence-corrected chi connectivity index (χ1v) is 9.00. The number of hydrogen-bond acceptors (Lipinski definition) is 2. The van der Waals surface area contributed by atoms with Crippen LogP contribution in [0.25, 0.3) is 0 Å². The molecule has 0 aromatic rings. The van der Waals surface area contributed by atoms with Crippen molar-refractivity contribution in [3.63, 3.8) is 0 Å². The van der Waals surface area contributed by atoms with Crippen LogP contribution in [0.5, 0.6) is 0 Å². The zero-order valence-corrected chi connectivity index (χ0v) is 13.6. The Morgan fingerprint density at radius 1 is 1.10 bits per heavy atom. The van der Waals surface area contributed by atoms with Crippen LogP contribution in [0.4, 0.5) is 0 Å². The molecule has 5 rings (SSSR count). The first-order chi connectivity index (χ1) is 10.0. The fourth-order valence-corrected chi connectivity index (χ4v) is 6.49. The van der Waals surface area contributed by atoms with E-state index in [4.69, 9.17) is 0 Å². The minimum Gasteiger partial charge on any atom is -0.345 e. The molecule has 1 amide bonds. The molecule has 3 nitrogen and oxygen atoms in total. The first kappa shape index (κ1) is 14.0. The maximum Gasteiger partial charge on any atom is 0.227 e. The fraction of sp³-hybridized carbons (Fsp3) is 0.944. The van der Waals surface area contributed by atoms with Crippen LogP contribution in [0.2, 0.25) is 0 Å². The van der Waals surface area contributed by atoms with Gasteiger partial charge in [0.15, 0.2) is 0 Å². The molecule has 118 valence electrons. The van der Waals surface area contributed by atoms with E-state index in [0.717, 1.165) is 37.4 Å². The zero-order valence-electron chi connectivity index (χ0n) is 13.6. The van der Waals surface area contributed by atoms with Crippen LogP contribution in [0.1, 0.15) is 45.4 Å². The lowest BCUT2D eigenvalue weighted by molar-refractivity contribution is -0.140. The molecule has 0 radical (unpaired) electrons. The van der Waals surface area contributed by atoms with E-state index in [1.807, 2.05) is 0 Å². The second-order valence-electron chi connectivity index (χ2n) is 8.85. The summed E-state index contributed by atoms with van der Waals surface area (Å²) in [5.74, 6) is 4.04. The second-order valence-corrected chi connectivity index (χ2v) is 8.85. The molecule has 5 aliphatic rings. The Hall–Kier alpha value is -0.570. The lowest BCUT2D eigenvalue weighted by Crippen LogP contribution is -2.52. The quantitative estimate of drug-likeness (QED) is 0.866. The van der Waals surface area contributed by atoms with E-state index in [2.05, 4.69) is 24.2 Å². The van der Waals surface area contributed by atoms with Gasteiger partial charge in [0.05, 0.1) is 5.92 Å². The molecular weight excluding hydrogens is 260 g/mol. The van der Waals surface area contributed by atoms with Gasteiger partial charge in [-0.05, 0) is 74.2 Å². The van der Waals surface area contributed by atoms with Crippen LogP contribution in [-0.4, -0.2) is 37.5 Å². The van der Waals surface area contributed by atoms with Crippen LogP contribution in [-0.2, 0) is 4.79 Å². The van der Waals surface area contributed by atoms with Gasteiger partial charge >= 0.3 is 0 Å². The summed E-state index contributed by atoms with van der Waals surface area (Å²) in [6.07, 6.45) is 8.65. The standard InChI is InChI=1S/C18H30N2O/c1-12-9-19-10-16(12)17(21)20(2)11-18-6-13-3-14(7-18)5-15(4-13)8-18/h12-16,19H,3-11H2,1-2H3/t12-,13?,14?,15?,16-,18?/m1/s1. The summed E-state index contributed by atoms with van der Waals surface area (Å²) in [7, 11) is 2.06. The van der Waals surface area contributed by atoms with Crippen molar-refractivity contribution < 1.29 is 4.79 Å². The molecule has 21 heavy (non-hydrogen) atoms. The number of nitrogens with zero attached hydrogens (tertiary/aromatic N) is 1. The molecule has 1 N–H and O–H groups in total. The van der Waals surface area contributed by atoms with Crippen LogP contribution in [0.3, 0.4) is 0 Å². The van der Waals surface area contributed by atoms with Gasteiger partial charge in [-0.3, -0.25) is 4.79 Å². The summed E-state index contributed by atoms with van der Waals surface area (Å²) in [6, 6.07) is 0. The van der Waals surface area contributed by atoms with E-state index < -0.39 is 0 Å². The normalized spacial score (nSPS) is 47.8. The number of amides is 1. The molecule has 1 saturated heterocycles. The van der Waals surface area contributed by atoms with Gasteiger partial charge < -0.3 is 10.2 Å². The maximum atomic E-state index is 12.8. The fourth-order valence-electron chi connectivity index (χ4n) is 6.49. The lowest BCUT2D eigenvalue weighted by atomic mass is 9.49. The highest BCUT2D eigenvalue weighted by atomic mass is 16.2.